The van der Waals surface area contributed by atoms with Crippen LogP contribution in [0, 0.1) is 0 Å². The minimum atomic E-state index is -4.43. The van der Waals surface area contributed by atoms with Crippen molar-refractivity contribution in [3.8, 4) is 0 Å². The van der Waals surface area contributed by atoms with E-state index in [1.54, 1.807) is 0 Å². The van der Waals surface area contributed by atoms with Gasteiger partial charge in [0, 0.05) is 6.04 Å². The summed E-state index contributed by atoms with van der Waals surface area (Å²) in [5.74, 6) is 0. The molecule has 0 heterocycles. The highest BCUT2D eigenvalue weighted by atomic mass is 35.5. The van der Waals surface area contributed by atoms with Crippen LogP contribution in [-0.2, 0) is 6.18 Å². The van der Waals surface area contributed by atoms with Gasteiger partial charge >= 0.3 is 6.18 Å². The van der Waals surface area contributed by atoms with Crippen molar-refractivity contribution in [3.05, 3.63) is 34.3 Å². The molecule has 0 aliphatic heterocycles. The summed E-state index contributed by atoms with van der Waals surface area (Å²) in [6, 6.07) is 3.38. The molecule has 0 aromatic heterocycles. The standard InChI is InChI=1S/C10H11ClF3N.ClH/c1-2-9(15)6-3-4-8(11)7(5-6)10(12,13)14;/h3-5,9H,2,15H2,1H3;1H/t9-;/m0./s1. The summed E-state index contributed by atoms with van der Waals surface area (Å²) in [5.41, 5.74) is 5.27. The van der Waals surface area contributed by atoms with E-state index in [9.17, 15) is 13.2 Å². The normalized spacial score (nSPS) is 13.1. The first-order chi connectivity index (χ1) is 6.86. The predicted molar refractivity (Wildman–Crippen MR) is 60.9 cm³/mol. The van der Waals surface area contributed by atoms with E-state index in [2.05, 4.69) is 0 Å². The number of rotatable bonds is 2. The second kappa shape index (κ2) is 5.75. The van der Waals surface area contributed by atoms with Crippen molar-refractivity contribution in [2.24, 2.45) is 5.73 Å². The summed E-state index contributed by atoms with van der Waals surface area (Å²) in [6.07, 6.45) is -3.85. The van der Waals surface area contributed by atoms with Crippen molar-refractivity contribution in [3.63, 3.8) is 0 Å². The highest BCUT2D eigenvalue weighted by Gasteiger charge is 2.33. The molecule has 0 aliphatic rings. The molecule has 16 heavy (non-hydrogen) atoms. The van der Waals surface area contributed by atoms with E-state index in [0.29, 0.717) is 12.0 Å². The highest BCUT2D eigenvalue weighted by molar-refractivity contribution is 6.31. The van der Waals surface area contributed by atoms with E-state index in [1.807, 2.05) is 6.92 Å². The first-order valence-corrected chi connectivity index (χ1v) is 4.86. The van der Waals surface area contributed by atoms with E-state index in [-0.39, 0.29) is 23.5 Å². The first-order valence-electron chi connectivity index (χ1n) is 4.48. The maximum absolute atomic E-state index is 12.5. The van der Waals surface area contributed by atoms with Gasteiger partial charge in [-0.15, -0.1) is 12.4 Å². The van der Waals surface area contributed by atoms with Crippen LogP contribution in [-0.4, -0.2) is 0 Å². The average Bonchev–Trinajstić information content (AvgIpc) is 2.15. The summed E-state index contributed by atoms with van der Waals surface area (Å²) < 4.78 is 37.4. The number of hydrogen-bond donors (Lipinski definition) is 1. The van der Waals surface area contributed by atoms with E-state index < -0.39 is 11.7 Å². The van der Waals surface area contributed by atoms with Gasteiger partial charge in [0.1, 0.15) is 0 Å². The van der Waals surface area contributed by atoms with Crippen molar-refractivity contribution in [1.82, 2.24) is 0 Å². The first kappa shape index (κ1) is 15.6. The Hall–Kier alpha value is -0.450. The van der Waals surface area contributed by atoms with Gasteiger partial charge in [-0.25, -0.2) is 0 Å². The molecular weight excluding hydrogens is 262 g/mol. The van der Waals surface area contributed by atoms with Crippen LogP contribution in [0.3, 0.4) is 0 Å². The number of halogens is 5. The van der Waals surface area contributed by atoms with Crippen LogP contribution in [0.4, 0.5) is 13.2 Å². The third-order valence-corrected chi connectivity index (χ3v) is 2.49. The molecule has 0 saturated carbocycles. The zero-order chi connectivity index (χ0) is 11.6. The quantitative estimate of drug-likeness (QED) is 0.859. The third-order valence-electron chi connectivity index (χ3n) is 2.16. The maximum Gasteiger partial charge on any atom is 0.417 e. The Morgan fingerprint density at radius 1 is 1.38 bits per heavy atom. The van der Waals surface area contributed by atoms with Crippen molar-refractivity contribution in [2.75, 3.05) is 0 Å². The summed E-state index contributed by atoms with van der Waals surface area (Å²) >= 11 is 5.47. The summed E-state index contributed by atoms with van der Waals surface area (Å²) in [7, 11) is 0. The monoisotopic (exact) mass is 273 g/mol. The van der Waals surface area contributed by atoms with Crippen LogP contribution < -0.4 is 5.73 Å². The second-order valence-corrected chi connectivity index (χ2v) is 3.66. The number of alkyl halides is 3. The lowest BCUT2D eigenvalue weighted by molar-refractivity contribution is -0.137. The minimum Gasteiger partial charge on any atom is -0.324 e. The van der Waals surface area contributed by atoms with E-state index in [4.69, 9.17) is 17.3 Å². The maximum atomic E-state index is 12.5. The highest BCUT2D eigenvalue weighted by Crippen LogP contribution is 2.36. The Bertz CT molecular complexity index is 352. The molecule has 0 radical (unpaired) electrons. The molecule has 1 aromatic carbocycles. The van der Waals surface area contributed by atoms with Crippen LogP contribution in [0.1, 0.15) is 30.5 Å². The molecule has 1 rings (SSSR count). The van der Waals surface area contributed by atoms with Gasteiger partial charge in [-0.2, -0.15) is 13.2 Å². The van der Waals surface area contributed by atoms with Crippen molar-refractivity contribution >= 4 is 24.0 Å². The van der Waals surface area contributed by atoms with Crippen molar-refractivity contribution in [2.45, 2.75) is 25.6 Å². The van der Waals surface area contributed by atoms with Crippen LogP contribution in [0.5, 0.6) is 0 Å². The van der Waals surface area contributed by atoms with E-state index in [1.165, 1.54) is 12.1 Å². The molecule has 92 valence electrons. The lowest BCUT2D eigenvalue weighted by Gasteiger charge is -2.14. The van der Waals surface area contributed by atoms with Gasteiger partial charge in [0.05, 0.1) is 10.6 Å². The van der Waals surface area contributed by atoms with Crippen molar-refractivity contribution < 1.29 is 13.2 Å². The molecule has 6 heteroatoms. The largest absolute Gasteiger partial charge is 0.417 e. The molecule has 2 N–H and O–H groups in total. The summed E-state index contributed by atoms with van der Waals surface area (Å²) in [4.78, 5) is 0. The van der Waals surface area contributed by atoms with Crippen LogP contribution in [0.2, 0.25) is 5.02 Å². The zero-order valence-corrected chi connectivity index (χ0v) is 10.1. The minimum absolute atomic E-state index is 0. The molecule has 0 fully saturated rings. The van der Waals surface area contributed by atoms with Crippen LogP contribution >= 0.6 is 24.0 Å². The average molecular weight is 274 g/mol. The molecular formula is C10H12Cl2F3N. The summed E-state index contributed by atoms with van der Waals surface area (Å²) in [5, 5.41) is -0.297. The van der Waals surface area contributed by atoms with Gasteiger partial charge in [-0.05, 0) is 24.1 Å². The lowest BCUT2D eigenvalue weighted by atomic mass is 10.0. The third kappa shape index (κ3) is 3.54. The predicted octanol–water partition coefficient (Wildman–Crippen LogP) is 4.19. The molecule has 1 aromatic rings. The van der Waals surface area contributed by atoms with Crippen LogP contribution in [0.15, 0.2) is 18.2 Å². The molecule has 0 saturated heterocycles. The fourth-order valence-electron chi connectivity index (χ4n) is 1.23. The second-order valence-electron chi connectivity index (χ2n) is 3.25. The fourth-order valence-corrected chi connectivity index (χ4v) is 1.45. The Kier molecular flexibility index (Phi) is 5.59. The van der Waals surface area contributed by atoms with Gasteiger partial charge in [-0.1, -0.05) is 24.6 Å². The molecule has 0 unspecified atom stereocenters. The van der Waals surface area contributed by atoms with Crippen LogP contribution in [0.25, 0.3) is 0 Å². The molecule has 1 atom stereocenters. The van der Waals surface area contributed by atoms with Gasteiger partial charge in [0.25, 0.3) is 0 Å². The van der Waals surface area contributed by atoms with Gasteiger partial charge < -0.3 is 5.73 Å². The molecule has 0 amide bonds. The number of benzene rings is 1. The summed E-state index contributed by atoms with van der Waals surface area (Å²) in [6.45, 7) is 1.81. The lowest BCUT2D eigenvalue weighted by Crippen LogP contribution is -2.12. The molecule has 0 bridgehead atoms. The topological polar surface area (TPSA) is 26.0 Å². The van der Waals surface area contributed by atoms with E-state index >= 15 is 0 Å². The van der Waals surface area contributed by atoms with Gasteiger partial charge in [0.15, 0.2) is 0 Å². The number of nitrogens with two attached hydrogens (primary N) is 1. The van der Waals surface area contributed by atoms with Gasteiger partial charge in [-0.3, -0.25) is 0 Å². The molecule has 0 spiro atoms. The Labute approximate surface area is 103 Å². The van der Waals surface area contributed by atoms with E-state index in [0.717, 1.165) is 6.07 Å². The molecule has 1 nitrogen and oxygen atoms in total. The number of hydrogen-bond acceptors (Lipinski definition) is 1. The van der Waals surface area contributed by atoms with Gasteiger partial charge in [0.2, 0.25) is 0 Å². The molecule has 0 aliphatic carbocycles. The Balaban J connectivity index is 0.00000225. The Morgan fingerprint density at radius 2 is 1.94 bits per heavy atom. The smallest absolute Gasteiger partial charge is 0.324 e. The zero-order valence-electron chi connectivity index (χ0n) is 8.51. The van der Waals surface area contributed by atoms with Crippen molar-refractivity contribution in [1.29, 1.82) is 0 Å². The Morgan fingerprint density at radius 3 is 2.38 bits per heavy atom. The fraction of sp³-hybridized carbons (Fsp3) is 0.400. The SMILES string of the molecule is CC[C@H](N)c1ccc(Cl)c(C(F)(F)F)c1.Cl.